The molecule has 2 aromatic carbocycles. The van der Waals surface area contributed by atoms with Gasteiger partial charge in [0.25, 0.3) is 17.4 Å². The van der Waals surface area contributed by atoms with Crippen molar-refractivity contribution in [3.8, 4) is 5.75 Å². The molecule has 0 unspecified atom stereocenters. The van der Waals surface area contributed by atoms with Crippen molar-refractivity contribution >= 4 is 22.7 Å². The summed E-state index contributed by atoms with van der Waals surface area (Å²) in [5.74, 6) is -1.81. The van der Waals surface area contributed by atoms with Crippen molar-refractivity contribution in [3.05, 3.63) is 75.6 Å². The SMILES string of the molecule is CCCn1c(=O)c(C(=O)NNC(=O)c2ccc(C)cc2)c(O)c2ccccc21. The second-order valence-corrected chi connectivity index (χ2v) is 6.47. The second-order valence-electron chi connectivity index (χ2n) is 6.47. The van der Waals surface area contributed by atoms with Gasteiger partial charge in [-0.2, -0.15) is 0 Å². The largest absolute Gasteiger partial charge is 0.506 e. The molecule has 0 saturated heterocycles. The van der Waals surface area contributed by atoms with Crippen molar-refractivity contribution < 1.29 is 14.7 Å². The van der Waals surface area contributed by atoms with Crippen molar-refractivity contribution in [2.45, 2.75) is 26.8 Å². The molecule has 0 saturated carbocycles. The summed E-state index contributed by atoms with van der Waals surface area (Å²) in [6.45, 7) is 4.21. The highest BCUT2D eigenvalue weighted by Crippen LogP contribution is 2.26. The molecular formula is C21H21N3O4. The van der Waals surface area contributed by atoms with Gasteiger partial charge in [-0.25, -0.2) is 0 Å². The highest BCUT2D eigenvalue weighted by atomic mass is 16.3. The van der Waals surface area contributed by atoms with Crippen LogP contribution in [-0.4, -0.2) is 21.5 Å². The number of aryl methyl sites for hydroxylation is 2. The van der Waals surface area contributed by atoms with Gasteiger partial charge < -0.3 is 9.67 Å². The minimum atomic E-state index is -0.876. The molecule has 1 aromatic heterocycles. The summed E-state index contributed by atoms with van der Waals surface area (Å²) in [7, 11) is 0. The molecular weight excluding hydrogens is 358 g/mol. The third kappa shape index (κ3) is 3.59. The van der Waals surface area contributed by atoms with Crippen LogP contribution in [-0.2, 0) is 6.54 Å². The molecule has 3 N–H and O–H groups in total. The third-order valence-corrected chi connectivity index (χ3v) is 4.42. The number of carbonyl (C=O) groups excluding carboxylic acids is 2. The molecule has 28 heavy (non-hydrogen) atoms. The standard InChI is InChI=1S/C21H21N3O4/c1-3-12-24-16-7-5-4-6-15(16)18(25)17(21(24)28)20(27)23-22-19(26)14-10-8-13(2)9-11-14/h4-11,25H,3,12H2,1-2H3,(H,22,26)(H,23,27). The van der Waals surface area contributed by atoms with Crippen LogP contribution in [0.1, 0.15) is 39.6 Å². The van der Waals surface area contributed by atoms with E-state index < -0.39 is 28.7 Å². The van der Waals surface area contributed by atoms with Crippen LogP contribution in [0, 0.1) is 6.92 Å². The van der Waals surface area contributed by atoms with Gasteiger partial charge in [0.1, 0.15) is 11.3 Å². The molecule has 7 nitrogen and oxygen atoms in total. The summed E-state index contributed by atoms with van der Waals surface area (Å²) in [6, 6.07) is 13.6. The minimum absolute atomic E-state index is 0.358. The Labute approximate surface area is 161 Å². The van der Waals surface area contributed by atoms with Gasteiger partial charge in [-0.1, -0.05) is 36.8 Å². The predicted octanol–water partition coefficient (Wildman–Crippen LogP) is 2.50. The molecule has 3 rings (SSSR count). The second kappa shape index (κ2) is 7.96. The molecule has 0 aliphatic heterocycles. The van der Waals surface area contributed by atoms with Crippen molar-refractivity contribution in [3.63, 3.8) is 0 Å². The molecule has 3 aromatic rings. The Morgan fingerprint density at radius 1 is 1.00 bits per heavy atom. The normalized spacial score (nSPS) is 10.6. The Hall–Kier alpha value is -3.61. The van der Waals surface area contributed by atoms with E-state index in [2.05, 4.69) is 10.9 Å². The first-order valence-corrected chi connectivity index (χ1v) is 8.96. The van der Waals surface area contributed by atoms with Gasteiger partial charge in [-0.3, -0.25) is 25.2 Å². The van der Waals surface area contributed by atoms with E-state index in [1.165, 1.54) is 4.57 Å². The number of nitrogens with one attached hydrogen (secondary N) is 2. The Bertz CT molecular complexity index is 1100. The zero-order chi connectivity index (χ0) is 20.3. The Kier molecular flexibility index (Phi) is 5.44. The van der Waals surface area contributed by atoms with Gasteiger partial charge in [-0.05, 0) is 37.6 Å². The van der Waals surface area contributed by atoms with E-state index in [1.54, 1.807) is 48.5 Å². The lowest BCUT2D eigenvalue weighted by atomic mass is 10.1. The van der Waals surface area contributed by atoms with Crippen LogP contribution in [0.15, 0.2) is 53.3 Å². The first kappa shape index (κ1) is 19.2. The van der Waals surface area contributed by atoms with Gasteiger partial charge in [0.2, 0.25) is 0 Å². The van der Waals surface area contributed by atoms with Crippen molar-refractivity contribution in [2.75, 3.05) is 0 Å². The Balaban J connectivity index is 1.92. The smallest absolute Gasteiger partial charge is 0.279 e. The zero-order valence-electron chi connectivity index (χ0n) is 15.7. The number of para-hydroxylation sites is 1. The van der Waals surface area contributed by atoms with E-state index in [4.69, 9.17) is 0 Å². The van der Waals surface area contributed by atoms with E-state index >= 15 is 0 Å². The molecule has 0 spiro atoms. The number of aromatic nitrogens is 1. The highest BCUT2D eigenvalue weighted by Gasteiger charge is 2.22. The van der Waals surface area contributed by atoms with E-state index in [0.717, 1.165) is 5.56 Å². The van der Waals surface area contributed by atoms with Crippen LogP contribution >= 0.6 is 0 Å². The number of hydrogen-bond donors (Lipinski definition) is 3. The maximum Gasteiger partial charge on any atom is 0.279 e. The van der Waals surface area contributed by atoms with E-state index in [-0.39, 0.29) is 0 Å². The monoisotopic (exact) mass is 379 g/mol. The van der Waals surface area contributed by atoms with E-state index in [9.17, 15) is 19.5 Å². The van der Waals surface area contributed by atoms with Crippen molar-refractivity contribution in [1.29, 1.82) is 0 Å². The highest BCUT2D eigenvalue weighted by molar-refractivity contribution is 6.03. The lowest BCUT2D eigenvalue weighted by Crippen LogP contribution is -2.44. The molecule has 0 atom stereocenters. The fourth-order valence-electron chi connectivity index (χ4n) is 2.99. The average molecular weight is 379 g/mol. The molecule has 7 heteroatoms. The maximum atomic E-state index is 12.8. The van der Waals surface area contributed by atoms with Crippen LogP contribution < -0.4 is 16.4 Å². The molecule has 144 valence electrons. The lowest BCUT2D eigenvalue weighted by molar-refractivity contribution is 0.0844. The topological polar surface area (TPSA) is 100 Å². The van der Waals surface area contributed by atoms with Gasteiger partial charge >= 0.3 is 0 Å². The average Bonchev–Trinajstić information content (AvgIpc) is 2.70. The number of nitrogens with zero attached hydrogens (tertiary/aromatic N) is 1. The van der Waals surface area contributed by atoms with Crippen molar-refractivity contribution in [1.82, 2.24) is 15.4 Å². The predicted molar refractivity (Wildman–Crippen MR) is 106 cm³/mol. The summed E-state index contributed by atoms with van der Waals surface area (Å²) in [5.41, 5.74) is 5.38. The summed E-state index contributed by atoms with van der Waals surface area (Å²) in [5, 5.41) is 10.9. The van der Waals surface area contributed by atoms with Crippen LogP contribution in [0.3, 0.4) is 0 Å². The van der Waals surface area contributed by atoms with Crippen LogP contribution in [0.25, 0.3) is 10.9 Å². The molecule has 0 radical (unpaired) electrons. The number of amides is 2. The molecule has 0 aliphatic rings. The van der Waals surface area contributed by atoms with Crippen LogP contribution in [0.2, 0.25) is 0 Å². The Morgan fingerprint density at radius 2 is 1.64 bits per heavy atom. The Morgan fingerprint density at radius 3 is 2.32 bits per heavy atom. The first-order chi connectivity index (χ1) is 13.4. The number of hydrazine groups is 1. The molecule has 0 fully saturated rings. The maximum absolute atomic E-state index is 12.8. The number of hydrogen-bond acceptors (Lipinski definition) is 4. The quantitative estimate of drug-likeness (QED) is 0.606. The number of benzene rings is 2. The fraction of sp³-hybridized carbons (Fsp3) is 0.190. The van der Waals surface area contributed by atoms with Crippen LogP contribution in [0.5, 0.6) is 5.75 Å². The first-order valence-electron chi connectivity index (χ1n) is 8.96. The van der Waals surface area contributed by atoms with Gasteiger partial charge in [-0.15, -0.1) is 0 Å². The molecule has 1 heterocycles. The zero-order valence-corrected chi connectivity index (χ0v) is 15.7. The fourth-order valence-corrected chi connectivity index (χ4v) is 2.99. The number of pyridine rings is 1. The van der Waals surface area contributed by atoms with Gasteiger partial charge in [0, 0.05) is 17.5 Å². The van der Waals surface area contributed by atoms with E-state index in [0.29, 0.717) is 29.4 Å². The summed E-state index contributed by atoms with van der Waals surface area (Å²) in [4.78, 5) is 37.6. The number of carbonyl (C=O) groups is 2. The molecule has 0 bridgehead atoms. The number of aromatic hydroxyl groups is 1. The van der Waals surface area contributed by atoms with Gasteiger partial charge in [0.15, 0.2) is 0 Å². The number of fused-ring (bicyclic) bond motifs is 1. The number of rotatable bonds is 4. The summed E-state index contributed by atoms with van der Waals surface area (Å²) in [6.07, 6.45) is 0.680. The van der Waals surface area contributed by atoms with Gasteiger partial charge in [0.05, 0.1) is 5.52 Å². The third-order valence-electron chi connectivity index (χ3n) is 4.42. The van der Waals surface area contributed by atoms with Crippen LogP contribution in [0.4, 0.5) is 0 Å². The van der Waals surface area contributed by atoms with Crippen molar-refractivity contribution in [2.24, 2.45) is 0 Å². The molecule has 2 amide bonds. The summed E-state index contributed by atoms with van der Waals surface area (Å²) < 4.78 is 1.45. The minimum Gasteiger partial charge on any atom is -0.506 e. The summed E-state index contributed by atoms with van der Waals surface area (Å²) >= 11 is 0. The molecule has 0 aliphatic carbocycles. The lowest BCUT2D eigenvalue weighted by Gasteiger charge is -2.14. The van der Waals surface area contributed by atoms with E-state index in [1.807, 2.05) is 13.8 Å².